The molecule has 4 nitrogen and oxygen atoms in total. The summed E-state index contributed by atoms with van der Waals surface area (Å²) in [7, 11) is 1.61. The summed E-state index contributed by atoms with van der Waals surface area (Å²) in [6.07, 6.45) is 0. The van der Waals surface area contributed by atoms with Crippen molar-refractivity contribution in [2.45, 2.75) is 0 Å². The van der Waals surface area contributed by atoms with Crippen LogP contribution in [0, 0.1) is 11.3 Å². The summed E-state index contributed by atoms with van der Waals surface area (Å²) in [4.78, 5) is 0. The SMILES string of the molecule is COc1ccc(N)c(Nc2ccc(C#N)cc2)c1. The Labute approximate surface area is 106 Å². The van der Waals surface area contributed by atoms with Crippen molar-refractivity contribution in [1.82, 2.24) is 0 Å². The summed E-state index contributed by atoms with van der Waals surface area (Å²) in [5, 5.41) is 11.9. The number of ether oxygens (including phenoxy) is 1. The van der Waals surface area contributed by atoms with Crippen LogP contribution >= 0.6 is 0 Å². The number of hydrogen-bond acceptors (Lipinski definition) is 4. The van der Waals surface area contributed by atoms with E-state index in [1.807, 2.05) is 18.2 Å². The Bertz CT molecular complexity index is 585. The number of rotatable bonds is 3. The van der Waals surface area contributed by atoms with Gasteiger partial charge in [-0.3, -0.25) is 0 Å². The minimum atomic E-state index is 0.624. The summed E-state index contributed by atoms with van der Waals surface area (Å²) in [6.45, 7) is 0. The van der Waals surface area contributed by atoms with E-state index in [-0.39, 0.29) is 0 Å². The zero-order chi connectivity index (χ0) is 13.0. The van der Waals surface area contributed by atoms with Gasteiger partial charge in [0, 0.05) is 11.8 Å². The highest BCUT2D eigenvalue weighted by Gasteiger charge is 2.02. The van der Waals surface area contributed by atoms with Crippen molar-refractivity contribution >= 4 is 17.1 Å². The lowest BCUT2D eigenvalue weighted by Gasteiger charge is -2.10. The maximum Gasteiger partial charge on any atom is 0.121 e. The summed E-state index contributed by atoms with van der Waals surface area (Å²) >= 11 is 0. The highest BCUT2D eigenvalue weighted by Crippen LogP contribution is 2.27. The second-order valence-corrected chi connectivity index (χ2v) is 3.77. The van der Waals surface area contributed by atoms with Crippen LogP contribution < -0.4 is 15.8 Å². The normalized spacial score (nSPS) is 9.56. The molecule has 18 heavy (non-hydrogen) atoms. The van der Waals surface area contributed by atoms with Gasteiger partial charge >= 0.3 is 0 Å². The number of nitrogen functional groups attached to an aromatic ring is 1. The van der Waals surface area contributed by atoms with Gasteiger partial charge in [0.25, 0.3) is 0 Å². The van der Waals surface area contributed by atoms with Gasteiger partial charge in [-0.15, -0.1) is 0 Å². The third-order valence-electron chi connectivity index (χ3n) is 2.55. The molecule has 0 saturated carbocycles. The Hall–Kier alpha value is -2.67. The Morgan fingerprint density at radius 1 is 1.17 bits per heavy atom. The van der Waals surface area contributed by atoms with Crippen molar-refractivity contribution in [3.63, 3.8) is 0 Å². The molecule has 0 saturated heterocycles. The van der Waals surface area contributed by atoms with Gasteiger partial charge in [0.15, 0.2) is 0 Å². The van der Waals surface area contributed by atoms with Crippen molar-refractivity contribution in [2.75, 3.05) is 18.2 Å². The Morgan fingerprint density at radius 2 is 1.89 bits per heavy atom. The number of nitrogens with zero attached hydrogens (tertiary/aromatic N) is 1. The molecule has 0 aliphatic carbocycles. The molecule has 2 aromatic carbocycles. The monoisotopic (exact) mass is 239 g/mol. The second kappa shape index (κ2) is 5.11. The van der Waals surface area contributed by atoms with Gasteiger partial charge < -0.3 is 15.8 Å². The van der Waals surface area contributed by atoms with E-state index in [4.69, 9.17) is 15.7 Å². The first-order chi connectivity index (χ1) is 8.72. The van der Waals surface area contributed by atoms with Gasteiger partial charge in [-0.1, -0.05) is 0 Å². The first kappa shape index (κ1) is 11.8. The van der Waals surface area contributed by atoms with Crippen molar-refractivity contribution in [2.24, 2.45) is 0 Å². The Morgan fingerprint density at radius 3 is 2.50 bits per heavy atom. The Kier molecular flexibility index (Phi) is 3.35. The van der Waals surface area contributed by atoms with Gasteiger partial charge in [-0.25, -0.2) is 0 Å². The molecule has 0 atom stereocenters. The van der Waals surface area contributed by atoms with Crippen LogP contribution in [0.5, 0.6) is 5.75 Å². The van der Waals surface area contributed by atoms with Crippen molar-refractivity contribution in [1.29, 1.82) is 5.26 Å². The standard InChI is InChI=1S/C14H13N3O/c1-18-12-6-7-13(16)14(8-12)17-11-4-2-10(9-15)3-5-11/h2-8,17H,16H2,1H3. The van der Waals surface area contributed by atoms with E-state index < -0.39 is 0 Å². The van der Waals surface area contributed by atoms with Crippen LogP contribution in [0.4, 0.5) is 17.1 Å². The first-order valence-corrected chi connectivity index (χ1v) is 5.43. The lowest BCUT2D eigenvalue weighted by Crippen LogP contribution is -1.97. The van der Waals surface area contributed by atoms with Crippen LogP contribution in [0.1, 0.15) is 5.56 Å². The summed E-state index contributed by atoms with van der Waals surface area (Å²) < 4.78 is 5.15. The molecule has 4 heteroatoms. The minimum Gasteiger partial charge on any atom is -0.497 e. The molecule has 0 spiro atoms. The van der Waals surface area contributed by atoms with E-state index in [9.17, 15) is 0 Å². The molecule has 3 N–H and O–H groups in total. The fourth-order valence-corrected chi connectivity index (χ4v) is 1.55. The predicted octanol–water partition coefficient (Wildman–Crippen LogP) is 2.89. The van der Waals surface area contributed by atoms with Crippen LogP contribution in [0.15, 0.2) is 42.5 Å². The lowest BCUT2D eigenvalue weighted by molar-refractivity contribution is 0.415. The molecule has 0 aromatic heterocycles. The molecule has 0 unspecified atom stereocenters. The molecule has 0 amide bonds. The van der Waals surface area contributed by atoms with E-state index in [0.717, 1.165) is 17.1 Å². The number of hydrogen-bond donors (Lipinski definition) is 2. The smallest absolute Gasteiger partial charge is 0.121 e. The van der Waals surface area contributed by atoms with Crippen molar-refractivity contribution in [3.05, 3.63) is 48.0 Å². The first-order valence-electron chi connectivity index (χ1n) is 5.43. The maximum atomic E-state index is 8.72. The lowest BCUT2D eigenvalue weighted by atomic mass is 10.2. The van der Waals surface area contributed by atoms with Crippen LogP contribution in [0.25, 0.3) is 0 Å². The molecular formula is C14H13N3O. The van der Waals surface area contributed by atoms with Gasteiger partial charge in [0.2, 0.25) is 0 Å². The molecule has 0 heterocycles. The molecule has 0 bridgehead atoms. The predicted molar refractivity (Wildman–Crippen MR) is 71.8 cm³/mol. The van der Waals surface area contributed by atoms with Gasteiger partial charge in [-0.2, -0.15) is 5.26 Å². The van der Waals surface area contributed by atoms with E-state index in [0.29, 0.717) is 11.3 Å². The zero-order valence-electron chi connectivity index (χ0n) is 9.97. The molecule has 0 fully saturated rings. The third kappa shape index (κ3) is 2.53. The quantitative estimate of drug-likeness (QED) is 0.808. The average molecular weight is 239 g/mol. The Balaban J connectivity index is 2.25. The van der Waals surface area contributed by atoms with Crippen LogP contribution in [0.2, 0.25) is 0 Å². The molecular weight excluding hydrogens is 226 g/mol. The number of methoxy groups -OCH3 is 1. The number of nitriles is 1. The van der Waals surface area contributed by atoms with E-state index >= 15 is 0 Å². The topological polar surface area (TPSA) is 71.1 Å². The average Bonchev–Trinajstić information content (AvgIpc) is 2.42. The van der Waals surface area contributed by atoms with E-state index in [1.54, 1.807) is 31.4 Å². The van der Waals surface area contributed by atoms with Gasteiger partial charge in [0.1, 0.15) is 5.75 Å². The summed E-state index contributed by atoms with van der Waals surface area (Å²) in [6, 6.07) is 14.6. The number of benzene rings is 2. The highest BCUT2D eigenvalue weighted by molar-refractivity contribution is 5.74. The van der Waals surface area contributed by atoms with Crippen LogP contribution in [-0.4, -0.2) is 7.11 Å². The molecule has 0 aliphatic rings. The number of nitrogens with two attached hydrogens (primary N) is 1. The minimum absolute atomic E-state index is 0.624. The highest BCUT2D eigenvalue weighted by atomic mass is 16.5. The summed E-state index contributed by atoms with van der Waals surface area (Å²) in [5.74, 6) is 0.736. The van der Waals surface area contributed by atoms with E-state index in [2.05, 4.69) is 11.4 Å². The zero-order valence-corrected chi connectivity index (χ0v) is 9.97. The molecule has 2 rings (SSSR count). The molecule has 0 radical (unpaired) electrons. The number of anilines is 3. The molecule has 2 aromatic rings. The van der Waals surface area contributed by atoms with E-state index in [1.165, 1.54) is 0 Å². The van der Waals surface area contributed by atoms with Crippen molar-refractivity contribution < 1.29 is 4.74 Å². The van der Waals surface area contributed by atoms with Gasteiger partial charge in [-0.05, 0) is 36.4 Å². The fourth-order valence-electron chi connectivity index (χ4n) is 1.55. The fraction of sp³-hybridized carbons (Fsp3) is 0.0714. The van der Waals surface area contributed by atoms with Crippen LogP contribution in [0.3, 0.4) is 0 Å². The third-order valence-corrected chi connectivity index (χ3v) is 2.55. The molecule has 0 aliphatic heterocycles. The van der Waals surface area contributed by atoms with Crippen molar-refractivity contribution in [3.8, 4) is 11.8 Å². The second-order valence-electron chi connectivity index (χ2n) is 3.77. The van der Waals surface area contributed by atoms with Gasteiger partial charge in [0.05, 0.1) is 30.1 Å². The largest absolute Gasteiger partial charge is 0.497 e. The van der Waals surface area contributed by atoms with Crippen LogP contribution in [-0.2, 0) is 0 Å². The summed E-state index contributed by atoms with van der Waals surface area (Å²) in [5.41, 5.74) is 8.79. The number of nitrogens with one attached hydrogen (secondary N) is 1. The molecule has 90 valence electrons. The maximum absolute atomic E-state index is 8.72.